The summed E-state index contributed by atoms with van der Waals surface area (Å²) in [6.07, 6.45) is 0.903. The Labute approximate surface area is 119 Å². The molecule has 2 aromatic rings. The highest BCUT2D eigenvalue weighted by atomic mass is 16.5. The third-order valence-corrected chi connectivity index (χ3v) is 3.47. The number of nitrogens with two attached hydrogens (primary N) is 1. The molecule has 3 heteroatoms. The van der Waals surface area contributed by atoms with Crippen molar-refractivity contribution in [3.05, 3.63) is 47.5 Å². The first kappa shape index (κ1) is 12.9. The van der Waals surface area contributed by atoms with Crippen molar-refractivity contribution in [1.82, 2.24) is 0 Å². The van der Waals surface area contributed by atoms with E-state index in [1.165, 1.54) is 5.56 Å². The minimum Gasteiger partial charge on any atom is -0.483 e. The summed E-state index contributed by atoms with van der Waals surface area (Å²) in [5.41, 5.74) is 8.55. The smallest absolute Gasteiger partial charge is 0.169 e. The Morgan fingerprint density at radius 3 is 2.70 bits per heavy atom. The van der Waals surface area contributed by atoms with Gasteiger partial charge in [0.15, 0.2) is 11.5 Å². The van der Waals surface area contributed by atoms with Gasteiger partial charge in [-0.25, -0.2) is 0 Å². The number of hydrogen-bond donors (Lipinski definition) is 1. The number of ether oxygens (including phenoxy) is 2. The van der Waals surface area contributed by atoms with Crippen molar-refractivity contribution in [2.24, 2.45) is 0 Å². The summed E-state index contributed by atoms with van der Waals surface area (Å²) in [6, 6.07) is 11.7. The van der Waals surface area contributed by atoms with Crippen LogP contribution in [-0.4, -0.2) is 5.60 Å². The average molecular weight is 269 g/mol. The van der Waals surface area contributed by atoms with Gasteiger partial charge in [-0.3, -0.25) is 0 Å². The summed E-state index contributed by atoms with van der Waals surface area (Å²) in [4.78, 5) is 0. The van der Waals surface area contributed by atoms with Gasteiger partial charge in [0.25, 0.3) is 0 Å². The number of anilines is 1. The lowest BCUT2D eigenvalue weighted by molar-refractivity contribution is 0.135. The molecular weight excluding hydrogens is 250 g/mol. The molecule has 20 heavy (non-hydrogen) atoms. The first-order chi connectivity index (χ1) is 9.44. The van der Waals surface area contributed by atoms with E-state index >= 15 is 0 Å². The van der Waals surface area contributed by atoms with Crippen LogP contribution in [0.25, 0.3) is 0 Å². The minimum atomic E-state index is -0.169. The van der Waals surface area contributed by atoms with Gasteiger partial charge in [-0.05, 0) is 50.6 Å². The van der Waals surface area contributed by atoms with E-state index in [9.17, 15) is 0 Å². The first-order valence-corrected chi connectivity index (χ1v) is 6.79. The maximum Gasteiger partial charge on any atom is 0.169 e. The van der Waals surface area contributed by atoms with Crippen molar-refractivity contribution in [2.45, 2.75) is 32.8 Å². The van der Waals surface area contributed by atoms with E-state index in [1.807, 2.05) is 37.3 Å². The largest absolute Gasteiger partial charge is 0.483 e. The van der Waals surface area contributed by atoms with Crippen LogP contribution in [0.15, 0.2) is 36.4 Å². The van der Waals surface area contributed by atoms with Crippen LogP contribution in [0, 0.1) is 6.92 Å². The number of aryl methyl sites for hydroxylation is 1. The van der Waals surface area contributed by atoms with Gasteiger partial charge in [0.05, 0.1) is 0 Å². The van der Waals surface area contributed by atoms with E-state index in [4.69, 9.17) is 15.2 Å². The van der Waals surface area contributed by atoms with Crippen LogP contribution in [-0.2, 0) is 6.42 Å². The van der Waals surface area contributed by atoms with Crippen LogP contribution < -0.4 is 15.2 Å². The summed E-state index contributed by atoms with van der Waals surface area (Å²) in [6.45, 7) is 6.16. The van der Waals surface area contributed by atoms with Gasteiger partial charge in [0.1, 0.15) is 11.4 Å². The van der Waals surface area contributed by atoms with Gasteiger partial charge < -0.3 is 15.2 Å². The van der Waals surface area contributed by atoms with Gasteiger partial charge in [0.2, 0.25) is 0 Å². The number of benzene rings is 2. The number of rotatable bonds is 2. The van der Waals surface area contributed by atoms with Gasteiger partial charge >= 0.3 is 0 Å². The maximum absolute atomic E-state index is 6.02. The van der Waals surface area contributed by atoms with E-state index in [-0.39, 0.29) is 5.60 Å². The predicted molar refractivity (Wildman–Crippen MR) is 80.5 cm³/mol. The Morgan fingerprint density at radius 1 is 1.15 bits per heavy atom. The highest BCUT2D eigenvalue weighted by Gasteiger charge is 2.32. The Kier molecular flexibility index (Phi) is 2.85. The second-order valence-corrected chi connectivity index (χ2v) is 5.91. The summed E-state index contributed by atoms with van der Waals surface area (Å²) < 4.78 is 12.0. The van der Waals surface area contributed by atoms with Crippen molar-refractivity contribution in [3.63, 3.8) is 0 Å². The van der Waals surface area contributed by atoms with Crippen LogP contribution in [0.5, 0.6) is 17.2 Å². The first-order valence-electron chi connectivity index (χ1n) is 6.79. The lowest BCUT2D eigenvalue weighted by Crippen LogP contribution is -2.24. The normalized spacial score (nSPS) is 15.6. The number of fused-ring (bicyclic) bond motifs is 1. The third kappa shape index (κ3) is 2.31. The zero-order valence-electron chi connectivity index (χ0n) is 12.1. The molecule has 0 radical (unpaired) electrons. The van der Waals surface area contributed by atoms with Gasteiger partial charge in [-0.15, -0.1) is 0 Å². The van der Waals surface area contributed by atoms with Crippen molar-refractivity contribution >= 4 is 5.69 Å². The SMILES string of the molecule is Cc1cc(N)ccc1Oc1cccc2c1OC(C)(C)C2. The van der Waals surface area contributed by atoms with Gasteiger partial charge in [-0.2, -0.15) is 0 Å². The molecule has 2 N–H and O–H groups in total. The molecule has 2 aromatic carbocycles. The van der Waals surface area contributed by atoms with Gasteiger partial charge in [-0.1, -0.05) is 12.1 Å². The van der Waals surface area contributed by atoms with Gasteiger partial charge in [0, 0.05) is 17.7 Å². The molecule has 1 aliphatic rings. The lowest BCUT2D eigenvalue weighted by atomic mass is 10.0. The minimum absolute atomic E-state index is 0.169. The molecular formula is C17H19NO2. The molecule has 0 bridgehead atoms. The van der Waals surface area contributed by atoms with Crippen LogP contribution >= 0.6 is 0 Å². The molecule has 0 spiro atoms. The Hall–Kier alpha value is -2.16. The number of hydrogen-bond acceptors (Lipinski definition) is 3. The molecule has 0 atom stereocenters. The second-order valence-electron chi connectivity index (χ2n) is 5.91. The van der Waals surface area contributed by atoms with E-state index < -0.39 is 0 Å². The van der Waals surface area contributed by atoms with Crippen LogP contribution in [0.2, 0.25) is 0 Å². The zero-order valence-corrected chi connectivity index (χ0v) is 12.1. The second kappa shape index (κ2) is 4.44. The molecule has 1 aliphatic heterocycles. The van der Waals surface area contributed by atoms with E-state index in [0.29, 0.717) is 0 Å². The fraction of sp³-hybridized carbons (Fsp3) is 0.294. The molecule has 3 rings (SSSR count). The summed E-state index contributed by atoms with van der Waals surface area (Å²) >= 11 is 0. The van der Waals surface area contributed by atoms with Crippen molar-refractivity contribution in [1.29, 1.82) is 0 Å². The van der Waals surface area contributed by atoms with Crippen LogP contribution in [0.1, 0.15) is 25.0 Å². The molecule has 0 unspecified atom stereocenters. The van der Waals surface area contributed by atoms with Crippen molar-refractivity contribution < 1.29 is 9.47 Å². The predicted octanol–water partition coefficient (Wildman–Crippen LogP) is 4.08. The Balaban J connectivity index is 1.95. The molecule has 0 aliphatic carbocycles. The fourth-order valence-corrected chi connectivity index (χ4v) is 2.57. The maximum atomic E-state index is 6.02. The molecule has 0 amide bonds. The number of para-hydroxylation sites is 1. The molecule has 0 saturated carbocycles. The monoisotopic (exact) mass is 269 g/mol. The Bertz CT molecular complexity index is 662. The Morgan fingerprint density at radius 2 is 1.95 bits per heavy atom. The third-order valence-electron chi connectivity index (χ3n) is 3.47. The molecule has 1 heterocycles. The average Bonchev–Trinajstić information content (AvgIpc) is 2.67. The molecule has 104 valence electrons. The van der Waals surface area contributed by atoms with E-state index in [0.717, 1.165) is 34.9 Å². The zero-order chi connectivity index (χ0) is 14.3. The van der Waals surface area contributed by atoms with Crippen molar-refractivity contribution in [3.8, 4) is 17.2 Å². The quantitative estimate of drug-likeness (QED) is 0.835. The fourth-order valence-electron chi connectivity index (χ4n) is 2.57. The summed E-state index contributed by atoms with van der Waals surface area (Å²) in [7, 11) is 0. The van der Waals surface area contributed by atoms with E-state index in [1.54, 1.807) is 0 Å². The molecule has 0 aromatic heterocycles. The summed E-state index contributed by atoms with van der Waals surface area (Å²) in [5, 5.41) is 0. The summed E-state index contributed by atoms with van der Waals surface area (Å²) in [5.74, 6) is 2.43. The van der Waals surface area contributed by atoms with Crippen molar-refractivity contribution in [2.75, 3.05) is 5.73 Å². The van der Waals surface area contributed by atoms with Crippen LogP contribution in [0.4, 0.5) is 5.69 Å². The topological polar surface area (TPSA) is 44.5 Å². The molecule has 3 nitrogen and oxygen atoms in total. The van der Waals surface area contributed by atoms with E-state index in [2.05, 4.69) is 19.9 Å². The van der Waals surface area contributed by atoms with Crippen LogP contribution in [0.3, 0.4) is 0 Å². The molecule has 0 saturated heterocycles. The number of nitrogen functional groups attached to an aromatic ring is 1. The highest BCUT2D eigenvalue weighted by molar-refractivity contribution is 5.54. The highest BCUT2D eigenvalue weighted by Crippen LogP contribution is 2.43. The molecule has 0 fully saturated rings. The lowest BCUT2D eigenvalue weighted by Gasteiger charge is -2.18. The standard InChI is InChI=1S/C17H19NO2/c1-11-9-13(18)7-8-14(11)19-15-6-4-5-12-10-17(2,3)20-16(12)15/h4-9H,10,18H2,1-3H3.